The first kappa shape index (κ1) is 11.2. The fourth-order valence-corrected chi connectivity index (χ4v) is 6.58. The molecule has 0 fully saturated rings. The molecule has 0 aromatic heterocycles. The fourth-order valence-electron chi connectivity index (χ4n) is 6.58. The van der Waals surface area contributed by atoms with Gasteiger partial charge in [0, 0.05) is 0 Å². The molecule has 0 heteroatoms. The van der Waals surface area contributed by atoms with Gasteiger partial charge in [-0.2, -0.15) is 0 Å². The number of rotatable bonds is 3. The third kappa shape index (κ3) is 3.49. The van der Waals surface area contributed by atoms with Crippen molar-refractivity contribution in [1.82, 2.24) is 0 Å². The van der Waals surface area contributed by atoms with Gasteiger partial charge in [0.15, 0.2) is 0 Å². The second-order valence-electron chi connectivity index (χ2n) is 11.1. The Hall–Kier alpha value is -6.24. The summed E-state index contributed by atoms with van der Waals surface area (Å²) in [5.41, 5.74) is -4.02. The maximum absolute atomic E-state index is 9.88. The van der Waals surface area contributed by atoms with Crippen LogP contribution < -0.4 is 0 Å². The van der Waals surface area contributed by atoms with Gasteiger partial charge in [-0.1, -0.05) is 169 Å². The third-order valence-electron chi connectivity index (χ3n) is 8.65. The van der Waals surface area contributed by atoms with E-state index in [2.05, 4.69) is 0 Å². The summed E-state index contributed by atoms with van der Waals surface area (Å²) >= 11 is 0. The summed E-state index contributed by atoms with van der Waals surface area (Å²) in [5.74, 6) is 0. The summed E-state index contributed by atoms with van der Waals surface area (Å²) in [5, 5.41) is -5.85. The molecule has 11 rings (SSSR count). The molecule has 11 aromatic rings. The van der Waals surface area contributed by atoms with Crippen molar-refractivity contribution in [3.8, 4) is 33.4 Å². The quantitative estimate of drug-likeness (QED) is 0.170. The van der Waals surface area contributed by atoms with Crippen LogP contribution in [0.3, 0.4) is 0 Å². The van der Waals surface area contributed by atoms with Crippen molar-refractivity contribution >= 4 is 75.4 Å². The van der Waals surface area contributed by atoms with E-state index >= 15 is 0 Å². The Bertz CT molecular complexity index is 4550. The number of hydrogen-bond donors (Lipinski definition) is 0. The van der Waals surface area contributed by atoms with Gasteiger partial charge in [-0.15, -0.1) is 0 Å². The van der Waals surface area contributed by atoms with Crippen LogP contribution in [0.5, 0.6) is 0 Å². The fraction of sp³-hybridized carbons (Fsp3) is 0. The average molecular weight is 632 g/mol. The molecule has 0 unspecified atom stereocenters. The smallest absolute Gasteiger partial charge is 0.0616 e. The number of benzene rings is 11. The maximum Gasteiger partial charge on any atom is 0.0630 e. The van der Waals surface area contributed by atoms with Crippen molar-refractivity contribution in [2.75, 3.05) is 0 Å². The first-order valence-corrected chi connectivity index (χ1v) is 14.6. The highest BCUT2D eigenvalue weighted by molar-refractivity contribution is 6.27. The van der Waals surface area contributed by atoms with E-state index < -0.39 is 234 Å². The Labute approximate surface area is 315 Å². The molecule has 0 N–H and O–H groups in total. The van der Waals surface area contributed by atoms with Crippen LogP contribution in [0.1, 0.15) is 37.0 Å². The minimum Gasteiger partial charge on any atom is -0.0616 e. The van der Waals surface area contributed by atoms with Gasteiger partial charge < -0.3 is 0 Å². The predicted octanol–water partition coefficient (Wildman–Crippen LogP) is 13.6. The zero-order valence-corrected chi connectivity index (χ0v) is 24.1. The van der Waals surface area contributed by atoms with Crippen LogP contribution in [0.25, 0.3) is 109 Å². The van der Waals surface area contributed by atoms with Crippen molar-refractivity contribution < 1.29 is 37.0 Å². The molecule has 0 amide bonds. The standard InChI is InChI=1S/C48H28/c1-2-12-36-35(11-1)39(27-28-40(36)42-24-20-34-18-16-30-8-6-10-32-22-26-44(42)48(34)46(30)32)37-13-3-4-14-38(37)41-23-19-33-17-15-29-7-5-9-31-21-25-43(41)47(33)45(29)31/h1-28H/i1D,2D,3D,4D,5D,6D,7D,8D,9D,10D,11D,12D,13D,14D,15D,16D,17D,18D,19D,20D,21D,22D,24D,25D,26D,27D,28D. The lowest BCUT2D eigenvalue weighted by atomic mass is 9.84. The zero-order chi connectivity index (χ0) is 54.8. The highest BCUT2D eigenvalue weighted by Gasteiger charge is 2.18. The second kappa shape index (κ2) is 9.64. The zero-order valence-electron chi connectivity index (χ0n) is 51.1. The highest BCUT2D eigenvalue weighted by atomic mass is 14.2. The molecule has 0 heterocycles. The molecule has 48 heavy (non-hydrogen) atoms. The van der Waals surface area contributed by atoms with Crippen LogP contribution in [0.2, 0.25) is 0 Å². The third-order valence-corrected chi connectivity index (χ3v) is 8.65. The van der Waals surface area contributed by atoms with Crippen molar-refractivity contribution in [3.63, 3.8) is 0 Å². The van der Waals surface area contributed by atoms with Crippen LogP contribution in [0, 0.1) is 0 Å². The number of fused-ring (bicyclic) bond motifs is 1. The Kier molecular flexibility index (Phi) is 2.25. The summed E-state index contributed by atoms with van der Waals surface area (Å²) in [7, 11) is 0. The van der Waals surface area contributed by atoms with E-state index in [1.54, 1.807) is 0 Å². The van der Waals surface area contributed by atoms with Gasteiger partial charge in [0.2, 0.25) is 0 Å². The monoisotopic (exact) mass is 631 g/mol. The molecule has 0 radical (unpaired) electrons. The number of hydrogen-bond acceptors (Lipinski definition) is 0. The van der Waals surface area contributed by atoms with Gasteiger partial charge in [0.1, 0.15) is 0 Å². The Morgan fingerprint density at radius 3 is 1.19 bits per heavy atom. The van der Waals surface area contributed by atoms with E-state index in [1.165, 1.54) is 0 Å². The maximum atomic E-state index is 9.88. The van der Waals surface area contributed by atoms with Crippen LogP contribution in [0.4, 0.5) is 0 Å². The first-order valence-electron chi connectivity index (χ1n) is 28.1. The first-order chi connectivity index (χ1) is 35.1. The molecule has 0 saturated heterocycles. The van der Waals surface area contributed by atoms with Gasteiger partial charge >= 0.3 is 0 Å². The molecular weight excluding hydrogens is 577 g/mol. The van der Waals surface area contributed by atoms with Crippen LogP contribution in [-0.4, -0.2) is 0 Å². The topological polar surface area (TPSA) is 0 Å². The van der Waals surface area contributed by atoms with E-state index in [9.17, 15) is 17.8 Å². The summed E-state index contributed by atoms with van der Waals surface area (Å²) < 4.78 is 247. The Morgan fingerprint density at radius 2 is 0.604 bits per heavy atom. The van der Waals surface area contributed by atoms with E-state index in [-0.39, 0.29) is 37.7 Å². The van der Waals surface area contributed by atoms with Gasteiger partial charge in [-0.25, -0.2) is 0 Å². The van der Waals surface area contributed by atoms with E-state index in [0.717, 1.165) is 6.07 Å². The van der Waals surface area contributed by atoms with Gasteiger partial charge in [-0.3, -0.25) is 0 Å². The second-order valence-corrected chi connectivity index (χ2v) is 11.1. The van der Waals surface area contributed by atoms with Crippen molar-refractivity contribution in [1.29, 1.82) is 0 Å². The SMILES string of the molecule is [2H]c1c([2H])c([2H])c(-c2cc([2H])c3c([2H])c([2H])c4c([2H])c([2H])c([2H])c5c([2H])c([2H])c2c3c45)c(-c2c([2H])c([2H])c(-c3c([2H])c([2H])c4c([2H])c([2H])c5c([2H])c([2H])c([2H])c6c([2H])c([2H])c3c4c56)c3c([2H])c([2H])c([2H])c([2H])c23)c1[2H]. The molecule has 0 aliphatic rings. The predicted molar refractivity (Wildman–Crippen MR) is 208 cm³/mol. The summed E-state index contributed by atoms with van der Waals surface area (Å²) in [6.07, 6.45) is 0. The lowest BCUT2D eigenvalue weighted by molar-refractivity contribution is 1.62. The largest absolute Gasteiger partial charge is 0.0630 e. The van der Waals surface area contributed by atoms with E-state index in [1.807, 2.05) is 0 Å². The molecule has 0 aliphatic carbocycles. The lowest BCUT2D eigenvalue weighted by Gasteiger charge is -2.19. The van der Waals surface area contributed by atoms with Crippen LogP contribution >= 0.6 is 0 Å². The molecule has 0 bridgehead atoms. The highest BCUT2D eigenvalue weighted by Crippen LogP contribution is 2.46. The van der Waals surface area contributed by atoms with E-state index in [0.29, 0.717) is 0 Å². The Balaban J connectivity index is 1.39. The van der Waals surface area contributed by atoms with Gasteiger partial charge in [0.25, 0.3) is 0 Å². The molecule has 220 valence electrons. The lowest BCUT2D eigenvalue weighted by Crippen LogP contribution is -1.92. The summed E-state index contributed by atoms with van der Waals surface area (Å²) in [6, 6.07) is -21.3. The normalized spacial score (nSPS) is 20.0. The minimum atomic E-state index is -1.05. The summed E-state index contributed by atoms with van der Waals surface area (Å²) in [4.78, 5) is 0. The average Bonchev–Trinajstić information content (AvgIpc) is 3.39. The van der Waals surface area contributed by atoms with Crippen molar-refractivity contribution in [3.05, 3.63) is 169 Å². The van der Waals surface area contributed by atoms with Crippen LogP contribution in [-0.2, 0) is 0 Å². The van der Waals surface area contributed by atoms with Crippen LogP contribution in [0.15, 0.2) is 169 Å². The van der Waals surface area contributed by atoms with Gasteiger partial charge in [0.05, 0.1) is 37.0 Å². The van der Waals surface area contributed by atoms with Gasteiger partial charge in [-0.05, 0) is 109 Å². The molecular formula is C48H28. The minimum absolute atomic E-state index is 0.239. The Morgan fingerprint density at radius 1 is 0.229 bits per heavy atom. The van der Waals surface area contributed by atoms with Crippen molar-refractivity contribution in [2.45, 2.75) is 0 Å². The molecule has 0 aliphatic heterocycles. The molecule has 0 nitrogen and oxygen atoms in total. The molecule has 0 spiro atoms. The van der Waals surface area contributed by atoms with E-state index in [4.69, 9.17) is 19.2 Å². The molecule has 11 aromatic carbocycles. The molecule has 0 atom stereocenters. The molecule has 0 saturated carbocycles. The summed E-state index contributed by atoms with van der Waals surface area (Å²) in [6.45, 7) is 0. The van der Waals surface area contributed by atoms with Crippen molar-refractivity contribution in [2.24, 2.45) is 0 Å².